The minimum atomic E-state index is 0.496. The van der Waals surface area contributed by atoms with E-state index >= 15 is 0 Å². The van der Waals surface area contributed by atoms with Gasteiger partial charge in [0.15, 0.2) is 0 Å². The number of hydrogen-bond acceptors (Lipinski definition) is 1. The maximum atomic E-state index is 5.89. The summed E-state index contributed by atoms with van der Waals surface area (Å²) in [5.41, 5.74) is 0. The number of ether oxygens (including phenoxy) is 1. The molecule has 1 saturated carbocycles. The Kier molecular flexibility index (Phi) is 7.34. The van der Waals surface area contributed by atoms with Crippen LogP contribution in [0.1, 0.15) is 64.7 Å². The topological polar surface area (TPSA) is 9.23 Å². The van der Waals surface area contributed by atoms with Gasteiger partial charge in [0.05, 0.1) is 6.10 Å². The van der Waals surface area contributed by atoms with Crippen LogP contribution in [0.3, 0.4) is 0 Å². The van der Waals surface area contributed by atoms with Gasteiger partial charge in [-0.05, 0) is 32.1 Å². The fourth-order valence-electron chi connectivity index (χ4n) is 2.35. The molecule has 92 valence electrons. The Bertz CT molecular complexity index is 196. The largest absolute Gasteiger partial charge is 0.378 e. The van der Waals surface area contributed by atoms with Crippen molar-refractivity contribution in [2.45, 2.75) is 70.8 Å². The number of rotatable bonds is 7. The third-order valence-electron chi connectivity index (χ3n) is 3.51. The van der Waals surface area contributed by atoms with Gasteiger partial charge in [0, 0.05) is 12.5 Å². The van der Waals surface area contributed by atoms with E-state index in [2.05, 4.69) is 12.8 Å². The first-order valence-electron chi connectivity index (χ1n) is 6.94. The zero-order valence-electron chi connectivity index (χ0n) is 10.7. The fourth-order valence-corrected chi connectivity index (χ4v) is 2.35. The molecule has 0 bridgehead atoms. The normalized spacial score (nSPS) is 25.2. The summed E-state index contributed by atoms with van der Waals surface area (Å²) in [6, 6.07) is 0. The third kappa shape index (κ3) is 5.56. The third-order valence-corrected chi connectivity index (χ3v) is 3.51. The minimum absolute atomic E-state index is 0.496. The second kappa shape index (κ2) is 8.65. The molecule has 0 radical (unpaired) electrons. The van der Waals surface area contributed by atoms with Crippen LogP contribution in [0.4, 0.5) is 0 Å². The van der Waals surface area contributed by atoms with E-state index in [0.29, 0.717) is 12.0 Å². The van der Waals surface area contributed by atoms with Crippen LogP contribution in [0.2, 0.25) is 0 Å². The molecule has 1 rings (SSSR count). The number of terminal acetylenes is 1. The van der Waals surface area contributed by atoms with Crippen molar-refractivity contribution in [2.75, 3.05) is 6.61 Å². The summed E-state index contributed by atoms with van der Waals surface area (Å²) < 4.78 is 5.89. The standard InChI is InChI=1S/C15H26O/c1-3-5-6-7-8-13-16-15-11-9-14(4-2)10-12-15/h2,14-15H,3,5-13H2,1H3. The van der Waals surface area contributed by atoms with E-state index in [1.807, 2.05) is 0 Å². The van der Waals surface area contributed by atoms with Crippen molar-refractivity contribution >= 4 is 0 Å². The van der Waals surface area contributed by atoms with E-state index in [9.17, 15) is 0 Å². The Labute approximate surface area is 101 Å². The molecule has 0 spiro atoms. The molecule has 1 nitrogen and oxygen atoms in total. The lowest BCUT2D eigenvalue weighted by Crippen LogP contribution is -2.21. The van der Waals surface area contributed by atoms with Gasteiger partial charge in [-0.25, -0.2) is 0 Å². The molecule has 1 heteroatoms. The SMILES string of the molecule is C#CC1CCC(OCCCCCCC)CC1. The van der Waals surface area contributed by atoms with Crippen LogP contribution < -0.4 is 0 Å². The summed E-state index contributed by atoms with van der Waals surface area (Å²) in [6.45, 7) is 3.20. The molecule has 0 aliphatic heterocycles. The minimum Gasteiger partial charge on any atom is -0.378 e. The summed E-state index contributed by atoms with van der Waals surface area (Å²) in [4.78, 5) is 0. The van der Waals surface area contributed by atoms with Crippen molar-refractivity contribution in [1.29, 1.82) is 0 Å². The highest BCUT2D eigenvalue weighted by Crippen LogP contribution is 2.25. The van der Waals surface area contributed by atoms with Crippen LogP contribution in [0.15, 0.2) is 0 Å². The first-order valence-corrected chi connectivity index (χ1v) is 6.94. The Hall–Kier alpha value is -0.480. The molecule has 0 aromatic carbocycles. The van der Waals surface area contributed by atoms with Crippen molar-refractivity contribution in [3.63, 3.8) is 0 Å². The zero-order valence-corrected chi connectivity index (χ0v) is 10.7. The fraction of sp³-hybridized carbons (Fsp3) is 0.867. The monoisotopic (exact) mass is 222 g/mol. The summed E-state index contributed by atoms with van der Waals surface area (Å²) in [7, 11) is 0. The maximum Gasteiger partial charge on any atom is 0.0576 e. The average Bonchev–Trinajstić information content (AvgIpc) is 2.34. The molecule has 1 aliphatic rings. The summed E-state index contributed by atoms with van der Waals surface area (Å²) >= 11 is 0. The van der Waals surface area contributed by atoms with Crippen LogP contribution >= 0.6 is 0 Å². The lowest BCUT2D eigenvalue weighted by Gasteiger charge is -2.25. The van der Waals surface area contributed by atoms with Crippen LogP contribution in [-0.4, -0.2) is 12.7 Å². The summed E-state index contributed by atoms with van der Waals surface area (Å²) in [6.07, 6.45) is 17.2. The van der Waals surface area contributed by atoms with E-state index in [1.54, 1.807) is 0 Å². The average molecular weight is 222 g/mol. The Morgan fingerprint density at radius 2 is 1.75 bits per heavy atom. The first kappa shape index (κ1) is 13.6. The molecule has 0 atom stereocenters. The number of unbranched alkanes of at least 4 members (excludes halogenated alkanes) is 4. The van der Waals surface area contributed by atoms with Gasteiger partial charge in [-0.2, -0.15) is 0 Å². The molecular weight excluding hydrogens is 196 g/mol. The zero-order chi connectivity index (χ0) is 11.6. The van der Waals surface area contributed by atoms with Gasteiger partial charge in [0.25, 0.3) is 0 Å². The summed E-state index contributed by atoms with van der Waals surface area (Å²) in [5.74, 6) is 3.38. The van der Waals surface area contributed by atoms with Gasteiger partial charge in [-0.1, -0.05) is 32.6 Å². The van der Waals surface area contributed by atoms with Crippen molar-refractivity contribution in [3.8, 4) is 12.3 Å². The molecule has 0 aromatic heterocycles. The van der Waals surface area contributed by atoms with Gasteiger partial charge in [0.1, 0.15) is 0 Å². The van der Waals surface area contributed by atoms with Gasteiger partial charge < -0.3 is 4.74 Å². The predicted octanol–water partition coefficient (Wildman–Crippen LogP) is 4.17. The van der Waals surface area contributed by atoms with Gasteiger partial charge in [-0.15, -0.1) is 12.3 Å². The van der Waals surface area contributed by atoms with Crippen LogP contribution in [0, 0.1) is 18.3 Å². The number of hydrogen-bond donors (Lipinski definition) is 0. The Morgan fingerprint density at radius 1 is 1.06 bits per heavy atom. The van der Waals surface area contributed by atoms with Gasteiger partial charge in [-0.3, -0.25) is 0 Å². The lowest BCUT2D eigenvalue weighted by molar-refractivity contribution is 0.0210. The van der Waals surface area contributed by atoms with E-state index in [-0.39, 0.29) is 0 Å². The van der Waals surface area contributed by atoms with E-state index in [1.165, 1.54) is 44.9 Å². The highest BCUT2D eigenvalue weighted by molar-refractivity contribution is 4.95. The van der Waals surface area contributed by atoms with Gasteiger partial charge >= 0.3 is 0 Å². The smallest absolute Gasteiger partial charge is 0.0576 e. The van der Waals surface area contributed by atoms with Gasteiger partial charge in [0.2, 0.25) is 0 Å². The summed E-state index contributed by atoms with van der Waals surface area (Å²) in [5, 5.41) is 0. The quantitative estimate of drug-likeness (QED) is 0.464. The molecule has 0 amide bonds. The highest BCUT2D eigenvalue weighted by atomic mass is 16.5. The molecule has 1 aliphatic carbocycles. The molecule has 0 unspecified atom stereocenters. The van der Waals surface area contributed by atoms with Crippen molar-refractivity contribution in [2.24, 2.45) is 5.92 Å². The maximum absolute atomic E-state index is 5.89. The van der Waals surface area contributed by atoms with Crippen molar-refractivity contribution in [3.05, 3.63) is 0 Å². The van der Waals surface area contributed by atoms with E-state index in [0.717, 1.165) is 19.4 Å². The Morgan fingerprint density at radius 3 is 2.38 bits per heavy atom. The molecule has 1 fully saturated rings. The Balaban J connectivity index is 1.92. The molecular formula is C15H26O. The molecule has 0 aromatic rings. The van der Waals surface area contributed by atoms with Crippen molar-refractivity contribution in [1.82, 2.24) is 0 Å². The lowest BCUT2D eigenvalue weighted by atomic mass is 9.88. The molecule has 0 saturated heterocycles. The van der Waals surface area contributed by atoms with Crippen LogP contribution in [0.5, 0.6) is 0 Å². The molecule has 0 N–H and O–H groups in total. The molecule has 16 heavy (non-hydrogen) atoms. The second-order valence-corrected chi connectivity index (χ2v) is 4.93. The van der Waals surface area contributed by atoms with E-state index in [4.69, 9.17) is 11.2 Å². The van der Waals surface area contributed by atoms with E-state index < -0.39 is 0 Å². The predicted molar refractivity (Wildman–Crippen MR) is 69.3 cm³/mol. The van der Waals surface area contributed by atoms with Crippen molar-refractivity contribution < 1.29 is 4.74 Å². The highest BCUT2D eigenvalue weighted by Gasteiger charge is 2.19. The first-order chi connectivity index (χ1) is 7.86. The second-order valence-electron chi connectivity index (χ2n) is 4.93. The molecule has 0 heterocycles. The van der Waals surface area contributed by atoms with Crippen LogP contribution in [0.25, 0.3) is 0 Å². The van der Waals surface area contributed by atoms with Crippen LogP contribution in [-0.2, 0) is 4.74 Å².